The van der Waals surface area contributed by atoms with Crippen molar-refractivity contribution in [3.8, 4) is 34.8 Å². The van der Waals surface area contributed by atoms with Gasteiger partial charge >= 0.3 is 0 Å². The van der Waals surface area contributed by atoms with Crippen LogP contribution in [0.1, 0.15) is 11.1 Å². The number of aromatic nitrogens is 1. The maximum absolute atomic E-state index is 12.3. The van der Waals surface area contributed by atoms with Crippen LogP contribution in [-0.4, -0.2) is 56.4 Å². The molecule has 1 fully saturated rings. The first-order valence-electron chi connectivity index (χ1n) is 9.07. The van der Waals surface area contributed by atoms with Crippen LogP contribution >= 0.6 is 0 Å². The quantitative estimate of drug-likeness (QED) is 0.741. The minimum absolute atomic E-state index is 0.00688. The molecule has 0 unspecified atom stereocenters. The second kappa shape index (κ2) is 9.11. The summed E-state index contributed by atoms with van der Waals surface area (Å²) in [5, 5.41) is 19.1. The highest BCUT2D eigenvalue weighted by molar-refractivity contribution is 5.85. The standard InChI is InChI=1S/C20H21N5O4/c1-27-16-4-2-3-13(18(16)29-10-7-25-5-8-28-9-6-25)17-14(11-21)19(23)24-20(26)15(17)12-22/h2-4H,5-10H2,1H3,(H3,23,24,26). The van der Waals surface area contributed by atoms with E-state index in [1.165, 1.54) is 7.11 Å². The van der Waals surface area contributed by atoms with E-state index < -0.39 is 5.56 Å². The van der Waals surface area contributed by atoms with Crippen molar-refractivity contribution in [3.05, 3.63) is 39.7 Å². The Labute approximate surface area is 167 Å². The van der Waals surface area contributed by atoms with Crippen LogP contribution in [0.4, 0.5) is 5.82 Å². The lowest BCUT2D eigenvalue weighted by molar-refractivity contribution is 0.0321. The molecule has 3 N–H and O–H groups in total. The van der Waals surface area contributed by atoms with Gasteiger partial charge in [-0.15, -0.1) is 0 Å². The number of nitriles is 2. The number of hydrogen-bond acceptors (Lipinski definition) is 8. The van der Waals surface area contributed by atoms with Gasteiger partial charge in [-0.05, 0) is 6.07 Å². The number of nitrogens with one attached hydrogen (secondary N) is 1. The van der Waals surface area contributed by atoms with Gasteiger partial charge in [0, 0.05) is 30.8 Å². The van der Waals surface area contributed by atoms with E-state index in [9.17, 15) is 15.3 Å². The van der Waals surface area contributed by atoms with E-state index in [-0.39, 0.29) is 22.5 Å². The van der Waals surface area contributed by atoms with Gasteiger partial charge in [-0.25, -0.2) is 0 Å². The largest absolute Gasteiger partial charge is 0.493 e. The number of nitrogens with zero attached hydrogens (tertiary/aromatic N) is 3. The zero-order valence-corrected chi connectivity index (χ0v) is 16.0. The molecule has 1 aromatic carbocycles. The fourth-order valence-corrected chi connectivity index (χ4v) is 3.24. The number of H-pyrrole nitrogens is 1. The fourth-order valence-electron chi connectivity index (χ4n) is 3.24. The smallest absolute Gasteiger partial charge is 0.268 e. The van der Waals surface area contributed by atoms with Crippen molar-refractivity contribution < 1.29 is 14.2 Å². The fraction of sp³-hybridized carbons (Fsp3) is 0.350. The number of anilines is 1. The van der Waals surface area contributed by atoms with Crippen LogP contribution in [0.25, 0.3) is 11.1 Å². The highest BCUT2D eigenvalue weighted by Gasteiger charge is 2.23. The molecule has 9 heteroatoms. The number of ether oxygens (including phenoxy) is 3. The molecule has 0 amide bonds. The van der Waals surface area contributed by atoms with Crippen LogP contribution < -0.4 is 20.8 Å². The summed E-state index contributed by atoms with van der Waals surface area (Å²) in [7, 11) is 1.50. The Hall–Kier alpha value is -3.53. The predicted molar refractivity (Wildman–Crippen MR) is 106 cm³/mol. The molecule has 1 aliphatic rings. The van der Waals surface area contributed by atoms with Gasteiger partial charge in [-0.2, -0.15) is 10.5 Å². The second-order valence-corrected chi connectivity index (χ2v) is 6.36. The van der Waals surface area contributed by atoms with Gasteiger partial charge in [-0.1, -0.05) is 12.1 Å². The molecule has 1 aromatic heterocycles. The van der Waals surface area contributed by atoms with Crippen molar-refractivity contribution >= 4 is 5.82 Å². The number of pyridine rings is 1. The Kier molecular flexibility index (Phi) is 6.35. The maximum atomic E-state index is 12.3. The zero-order valence-electron chi connectivity index (χ0n) is 16.0. The number of para-hydroxylation sites is 1. The van der Waals surface area contributed by atoms with Crippen molar-refractivity contribution in [2.45, 2.75) is 0 Å². The van der Waals surface area contributed by atoms with Gasteiger partial charge in [0.1, 0.15) is 35.7 Å². The Bertz CT molecular complexity index is 1030. The number of morpholine rings is 1. The van der Waals surface area contributed by atoms with Gasteiger partial charge in [0.25, 0.3) is 5.56 Å². The van der Waals surface area contributed by atoms with Gasteiger partial charge in [-0.3, -0.25) is 9.69 Å². The molecular weight excluding hydrogens is 374 g/mol. The molecule has 0 saturated carbocycles. The lowest BCUT2D eigenvalue weighted by Gasteiger charge is -2.26. The third-order valence-electron chi connectivity index (χ3n) is 4.69. The Morgan fingerprint density at radius 2 is 1.97 bits per heavy atom. The average Bonchev–Trinajstić information content (AvgIpc) is 2.74. The molecule has 0 atom stereocenters. The SMILES string of the molecule is COc1cccc(-c2c(C#N)c(N)[nH]c(=O)c2C#N)c1OCCN1CCOCC1. The van der Waals surface area contributed by atoms with Crippen molar-refractivity contribution in [1.82, 2.24) is 9.88 Å². The summed E-state index contributed by atoms with van der Waals surface area (Å²) in [4.78, 5) is 16.8. The Morgan fingerprint density at radius 3 is 2.62 bits per heavy atom. The molecule has 9 nitrogen and oxygen atoms in total. The van der Waals surface area contributed by atoms with E-state index in [1.807, 2.05) is 12.1 Å². The van der Waals surface area contributed by atoms with Crippen molar-refractivity contribution in [3.63, 3.8) is 0 Å². The van der Waals surface area contributed by atoms with E-state index in [2.05, 4.69) is 9.88 Å². The van der Waals surface area contributed by atoms with Crippen LogP contribution in [0.2, 0.25) is 0 Å². The Morgan fingerprint density at radius 1 is 1.24 bits per heavy atom. The van der Waals surface area contributed by atoms with Gasteiger partial charge in [0.15, 0.2) is 11.5 Å². The highest BCUT2D eigenvalue weighted by atomic mass is 16.5. The van der Waals surface area contributed by atoms with Crippen LogP contribution in [0, 0.1) is 22.7 Å². The summed E-state index contributed by atoms with van der Waals surface area (Å²) >= 11 is 0. The average molecular weight is 395 g/mol. The number of nitrogens with two attached hydrogens (primary N) is 1. The molecule has 0 radical (unpaired) electrons. The molecule has 150 valence electrons. The predicted octanol–water partition coefficient (Wildman–Crippen LogP) is 1.09. The summed E-state index contributed by atoms with van der Waals surface area (Å²) in [5.74, 6) is 0.672. The maximum Gasteiger partial charge on any atom is 0.268 e. The molecule has 3 rings (SSSR count). The molecule has 1 aliphatic heterocycles. The molecule has 29 heavy (non-hydrogen) atoms. The van der Waals surface area contributed by atoms with E-state index in [1.54, 1.807) is 18.2 Å². The number of hydrogen-bond donors (Lipinski definition) is 2. The summed E-state index contributed by atoms with van der Waals surface area (Å²) in [6.45, 7) is 4.05. The van der Waals surface area contributed by atoms with Crippen LogP contribution in [0.15, 0.2) is 23.0 Å². The minimum Gasteiger partial charge on any atom is -0.493 e. The van der Waals surface area contributed by atoms with Crippen molar-refractivity contribution in [2.75, 3.05) is 52.3 Å². The molecule has 2 heterocycles. The number of benzene rings is 1. The first-order chi connectivity index (χ1) is 14.1. The number of methoxy groups -OCH3 is 1. The number of nitrogen functional groups attached to an aromatic ring is 1. The van der Waals surface area contributed by atoms with Crippen molar-refractivity contribution in [2.24, 2.45) is 0 Å². The molecule has 2 aromatic rings. The lowest BCUT2D eigenvalue weighted by atomic mass is 9.95. The Balaban J connectivity index is 2.04. The van der Waals surface area contributed by atoms with E-state index in [0.29, 0.717) is 43.4 Å². The minimum atomic E-state index is -0.666. The van der Waals surface area contributed by atoms with Crippen LogP contribution in [0.5, 0.6) is 11.5 Å². The summed E-state index contributed by atoms with van der Waals surface area (Å²) < 4.78 is 16.8. The lowest BCUT2D eigenvalue weighted by Crippen LogP contribution is -2.38. The van der Waals surface area contributed by atoms with Gasteiger partial charge < -0.3 is 24.9 Å². The molecule has 0 aliphatic carbocycles. The first-order valence-corrected chi connectivity index (χ1v) is 9.07. The topological polar surface area (TPSA) is 137 Å². The van der Waals surface area contributed by atoms with E-state index in [4.69, 9.17) is 19.9 Å². The van der Waals surface area contributed by atoms with E-state index >= 15 is 0 Å². The van der Waals surface area contributed by atoms with Crippen LogP contribution in [0.3, 0.4) is 0 Å². The van der Waals surface area contributed by atoms with Crippen molar-refractivity contribution in [1.29, 1.82) is 10.5 Å². The molecule has 0 spiro atoms. The third-order valence-corrected chi connectivity index (χ3v) is 4.69. The number of rotatable bonds is 6. The summed E-state index contributed by atoms with van der Waals surface area (Å²) in [6, 6.07) is 8.92. The normalized spacial score (nSPS) is 14.0. The van der Waals surface area contributed by atoms with Gasteiger partial charge in [0.2, 0.25) is 0 Å². The van der Waals surface area contributed by atoms with E-state index in [0.717, 1.165) is 13.1 Å². The first kappa shape index (κ1) is 20.2. The highest BCUT2D eigenvalue weighted by Crippen LogP contribution is 2.41. The summed E-state index contributed by atoms with van der Waals surface area (Å²) in [6.07, 6.45) is 0. The molecular formula is C20H21N5O4. The van der Waals surface area contributed by atoms with Gasteiger partial charge in [0.05, 0.1) is 20.3 Å². The third kappa shape index (κ3) is 4.16. The second-order valence-electron chi connectivity index (χ2n) is 6.36. The monoisotopic (exact) mass is 395 g/mol. The molecule has 1 saturated heterocycles. The number of aromatic amines is 1. The molecule has 0 bridgehead atoms. The summed E-state index contributed by atoms with van der Waals surface area (Å²) in [5.41, 5.74) is 5.50. The zero-order chi connectivity index (χ0) is 20.8. The van der Waals surface area contributed by atoms with Crippen LogP contribution in [-0.2, 0) is 4.74 Å².